The van der Waals surface area contributed by atoms with E-state index in [0.717, 1.165) is 31.9 Å². The van der Waals surface area contributed by atoms with Gasteiger partial charge in [0, 0.05) is 50.4 Å². The van der Waals surface area contributed by atoms with Gasteiger partial charge in [-0.05, 0) is 69.2 Å². The number of amides is 2. The Morgan fingerprint density at radius 3 is 2.28 bits per heavy atom. The van der Waals surface area contributed by atoms with Crippen LogP contribution in [0.3, 0.4) is 0 Å². The van der Waals surface area contributed by atoms with Crippen LogP contribution in [0, 0.1) is 13.8 Å². The van der Waals surface area contributed by atoms with E-state index in [4.69, 9.17) is 9.15 Å². The first-order valence-electron chi connectivity index (χ1n) is 13.4. The molecule has 1 aliphatic rings. The molecule has 0 saturated carbocycles. The number of hydrogen-bond acceptors (Lipinski definition) is 7. The lowest BCUT2D eigenvalue weighted by molar-refractivity contribution is -0.143. The molecule has 39 heavy (non-hydrogen) atoms. The van der Waals surface area contributed by atoms with Gasteiger partial charge in [0.25, 0.3) is 11.8 Å². The Labute approximate surface area is 229 Å². The van der Waals surface area contributed by atoms with Gasteiger partial charge in [-0.1, -0.05) is 18.2 Å². The lowest BCUT2D eigenvalue weighted by atomic mass is 10.1. The van der Waals surface area contributed by atoms with Gasteiger partial charge in [-0.15, -0.1) is 0 Å². The molecule has 2 aromatic carbocycles. The smallest absolute Gasteiger partial charge is 0.305 e. The summed E-state index contributed by atoms with van der Waals surface area (Å²) in [6.45, 7) is 9.52. The van der Waals surface area contributed by atoms with E-state index in [-0.39, 0.29) is 30.0 Å². The Hall–Kier alpha value is -4.27. The fourth-order valence-electron chi connectivity index (χ4n) is 4.67. The first-order chi connectivity index (χ1) is 18.9. The van der Waals surface area contributed by atoms with Crippen LogP contribution in [0.1, 0.15) is 52.0 Å². The lowest BCUT2D eigenvalue weighted by Crippen LogP contribution is -2.47. The number of rotatable bonds is 10. The van der Waals surface area contributed by atoms with Crippen molar-refractivity contribution < 1.29 is 23.5 Å². The molecule has 0 bridgehead atoms. The molecule has 3 aromatic rings. The minimum atomic E-state index is -0.380. The van der Waals surface area contributed by atoms with Gasteiger partial charge in [-0.25, -0.2) is 0 Å². The second-order valence-electron chi connectivity index (χ2n) is 9.52. The number of nitrogens with one attached hydrogen (secondary N) is 2. The monoisotopic (exact) mass is 532 g/mol. The second kappa shape index (κ2) is 13.0. The fraction of sp³-hybridized carbons (Fsp3) is 0.367. The average Bonchev–Trinajstić information content (AvgIpc) is 3.38. The van der Waals surface area contributed by atoms with Gasteiger partial charge in [0.15, 0.2) is 5.76 Å². The van der Waals surface area contributed by atoms with E-state index < -0.39 is 0 Å². The summed E-state index contributed by atoms with van der Waals surface area (Å²) in [6, 6.07) is 17.1. The Bertz CT molecular complexity index is 1310. The first-order valence-corrected chi connectivity index (χ1v) is 13.4. The highest BCUT2D eigenvalue weighted by molar-refractivity contribution is 6.05. The van der Waals surface area contributed by atoms with E-state index >= 15 is 0 Å². The number of carbonyl (C=O) groups is 3. The van der Waals surface area contributed by atoms with Crippen molar-refractivity contribution in [1.29, 1.82) is 0 Å². The summed E-state index contributed by atoms with van der Waals surface area (Å²) in [4.78, 5) is 42.0. The van der Waals surface area contributed by atoms with Crippen LogP contribution in [0.4, 0.5) is 17.1 Å². The molecule has 2 amide bonds. The minimum Gasteiger partial charge on any atom is -0.466 e. The Morgan fingerprint density at radius 2 is 1.62 bits per heavy atom. The molecule has 0 atom stereocenters. The van der Waals surface area contributed by atoms with Gasteiger partial charge in [-0.2, -0.15) is 0 Å². The molecule has 0 radical (unpaired) electrons. The number of ether oxygens (including phenoxy) is 1. The maximum absolute atomic E-state index is 13.0. The first kappa shape index (κ1) is 27.8. The van der Waals surface area contributed by atoms with Gasteiger partial charge in [0.1, 0.15) is 5.76 Å². The van der Waals surface area contributed by atoms with Crippen LogP contribution in [0.5, 0.6) is 0 Å². The number of furan rings is 1. The van der Waals surface area contributed by atoms with Crippen molar-refractivity contribution in [3.63, 3.8) is 0 Å². The highest BCUT2D eigenvalue weighted by Crippen LogP contribution is 2.30. The second-order valence-corrected chi connectivity index (χ2v) is 9.52. The van der Waals surface area contributed by atoms with E-state index in [0.29, 0.717) is 36.6 Å². The van der Waals surface area contributed by atoms with Crippen LogP contribution >= 0.6 is 0 Å². The SMILES string of the molecule is CCOC(=O)CCCNC(=O)c1ccc(N2CCN(c3ccccc3C)CC2)c(NC(=O)c2ccc(C)o2)c1. The molecule has 9 nitrogen and oxygen atoms in total. The van der Waals surface area contributed by atoms with Gasteiger partial charge < -0.3 is 29.6 Å². The zero-order valence-electron chi connectivity index (χ0n) is 22.8. The van der Waals surface area contributed by atoms with Crippen molar-refractivity contribution in [3.05, 3.63) is 77.2 Å². The number of anilines is 3. The van der Waals surface area contributed by atoms with Crippen molar-refractivity contribution in [3.8, 4) is 0 Å². The third-order valence-electron chi connectivity index (χ3n) is 6.70. The van der Waals surface area contributed by atoms with Crippen molar-refractivity contribution in [2.75, 3.05) is 54.4 Å². The van der Waals surface area contributed by atoms with Crippen LogP contribution in [0.15, 0.2) is 59.0 Å². The zero-order chi connectivity index (χ0) is 27.8. The van der Waals surface area contributed by atoms with Crippen LogP contribution in [-0.2, 0) is 9.53 Å². The topological polar surface area (TPSA) is 104 Å². The molecule has 206 valence electrons. The molecule has 9 heteroatoms. The molecule has 1 fully saturated rings. The van der Waals surface area contributed by atoms with Gasteiger partial charge in [0.2, 0.25) is 0 Å². The van der Waals surface area contributed by atoms with E-state index in [1.165, 1.54) is 11.3 Å². The predicted molar refractivity (Wildman–Crippen MR) is 152 cm³/mol. The normalized spacial score (nSPS) is 13.2. The fourth-order valence-corrected chi connectivity index (χ4v) is 4.67. The summed E-state index contributed by atoms with van der Waals surface area (Å²) >= 11 is 0. The molecule has 1 aliphatic heterocycles. The number of carbonyl (C=O) groups excluding carboxylic acids is 3. The van der Waals surface area contributed by atoms with Gasteiger partial charge in [0.05, 0.1) is 18.0 Å². The number of benzene rings is 2. The summed E-state index contributed by atoms with van der Waals surface area (Å²) in [5.74, 6) is -0.0916. The van der Waals surface area contributed by atoms with Crippen LogP contribution in [-0.4, -0.2) is 57.1 Å². The summed E-state index contributed by atoms with van der Waals surface area (Å²) in [6.07, 6.45) is 0.723. The number of para-hydroxylation sites is 1. The Kier molecular flexibility index (Phi) is 9.25. The highest BCUT2D eigenvalue weighted by atomic mass is 16.5. The van der Waals surface area contributed by atoms with E-state index in [1.807, 2.05) is 12.1 Å². The standard InChI is InChI=1S/C30H36N4O5/c1-4-38-28(35)10-7-15-31-29(36)23-12-13-26(24(20-23)32-30(37)27-14-11-22(3)39-27)34-18-16-33(17-19-34)25-9-6-5-8-21(25)2/h5-6,8-9,11-14,20H,4,7,10,15-19H2,1-3H3,(H,31,36)(H,32,37). The van der Waals surface area contributed by atoms with E-state index in [9.17, 15) is 14.4 Å². The minimum absolute atomic E-state index is 0.205. The maximum Gasteiger partial charge on any atom is 0.305 e. The van der Waals surface area contributed by atoms with Crippen molar-refractivity contribution in [2.45, 2.75) is 33.6 Å². The predicted octanol–water partition coefficient (Wildman–Crippen LogP) is 4.55. The molecule has 0 aliphatic carbocycles. The molecule has 2 heterocycles. The molecule has 0 spiro atoms. The highest BCUT2D eigenvalue weighted by Gasteiger charge is 2.23. The largest absolute Gasteiger partial charge is 0.466 e. The molecular formula is C30H36N4O5. The molecule has 1 saturated heterocycles. The van der Waals surface area contributed by atoms with Crippen molar-refractivity contribution in [2.24, 2.45) is 0 Å². The number of esters is 1. The van der Waals surface area contributed by atoms with Gasteiger partial charge in [-0.3, -0.25) is 14.4 Å². The molecular weight excluding hydrogens is 496 g/mol. The maximum atomic E-state index is 13.0. The summed E-state index contributed by atoms with van der Waals surface area (Å²) in [7, 11) is 0. The summed E-state index contributed by atoms with van der Waals surface area (Å²) in [5.41, 5.74) is 4.27. The Balaban J connectivity index is 1.48. The van der Waals surface area contributed by atoms with Crippen molar-refractivity contribution >= 4 is 34.8 Å². The number of piperazine rings is 1. The zero-order valence-corrected chi connectivity index (χ0v) is 22.8. The van der Waals surface area contributed by atoms with E-state index in [1.54, 1.807) is 38.1 Å². The number of aryl methyl sites for hydroxylation is 2. The van der Waals surface area contributed by atoms with Crippen LogP contribution < -0.4 is 20.4 Å². The quantitative estimate of drug-likeness (QED) is 0.292. The summed E-state index contributed by atoms with van der Waals surface area (Å²) in [5, 5.41) is 5.79. The van der Waals surface area contributed by atoms with Gasteiger partial charge >= 0.3 is 5.97 Å². The lowest BCUT2D eigenvalue weighted by Gasteiger charge is -2.38. The van der Waals surface area contributed by atoms with Crippen molar-refractivity contribution in [1.82, 2.24) is 5.32 Å². The number of nitrogens with zero attached hydrogens (tertiary/aromatic N) is 2. The molecule has 1 aromatic heterocycles. The Morgan fingerprint density at radius 1 is 0.897 bits per heavy atom. The molecule has 2 N–H and O–H groups in total. The third kappa shape index (κ3) is 7.19. The van der Waals surface area contributed by atoms with Crippen LogP contribution in [0.25, 0.3) is 0 Å². The number of hydrogen-bond donors (Lipinski definition) is 2. The third-order valence-corrected chi connectivity index (χ3v) is 6.70. The molecule has 4 rings (SSSR count). The molecule has 0 unspecified atom stereocenters. The average molecular weight is 533 g/mol. The van der Waals surface area contributed by atoms with E-state index in [2.05, 4.69) is 45.6 Å². The summed E-state index contributed by atoms with van der Waals surface area (Å²) < 4.78 is 10.4. The van der Waals surface area contributed by atoms with Crippen LogP contribution in [0.2, 0.25) is 0 Å².